The van der Waals surface area contributed by atoms with Gasteiger partial charge in [-0.3, -0.25) is 14.4 Å². The van der Waals surface area contributed by atoms with Crippen LogP contribution in [0.2, 0.25) is 0 Å². The lowest BCUT2D eigenvalue weighted by Crippen LogP contribution is -2.58. The molecule has 8 nitrogen and oxygen atoms in total. The molecule has 0 aliphatic carbocycles. The Morgan fingerprint density at radius 1 is 1.21 bits per heavy atom. The van der Waals surface area contributed by atoms with Crippen molar-refractivity contribution in [1.29, 1.82) is 0 Å². The molecule has 1 N–H and O–H groups in total. The average Bonchev–Trinajstić information content (AvgIpc) is 3.48. The summed E-state index contributed by atoms with van der Waals surface area (Å²) in [6.45, 7) is 18.1. The number of aryl methyl sites for hydroxylation is 2. The molecule has 0 radical (unpaired) electrons. The summed E-state index contributed by atoms with van der Waals surface area (Å²) in [6, 6.07) is 4.32. The second-order valence-electron chi connectivity index (χ2n) is 11.6. The van der Waals surface area contributed by atoms with Gasteiger partial charge >= 0.3 is 0 Å². The lowest BCUT2D eigenvalue weighted by molar-refractivity contribution is -0.151. The molecule has 212 valence electrons. The van der Waals surface area contributed by atoms with Gasteiger partial charge in [0.1, 0.15) is 11.6 Å². The molecule has 0 saturated carbocycles. The molecule has 4 rings (SSSR count). The third-order valence-corrected chi connectivity index (χ3v) is 8.84. The van der Waals surface area contributed by atoms with Gasteiger partial charge in [-0.1, -0.05) is 31.2 Å². The highest BCUT2D eigenvalue weighted by atomic mass is 16.5. The van der Waals surface area contributed by atoms with Gasteiger partial charge in [0.15, 0.2) is 0 Å². The maximum Gasteiger partial charge on any atom is 0.253 e. The van der Waals surface area contributed by atoms with Crippen molar-refractivity contribution < 1.29 is 24.2 Å². The first kappa shape index (κ1) is 29.0. The minimum absolute atomic E-state index is 0.138. The summed E-state index contributed by atoms with van der Waals surface area (Å²) in [5.41, 5.74) is 0.657. The van der Waals surface area contributed by atoms with Crippen LogP contribution in [-0.4, -0.2) is 82.2 Å². The number of likely N-dealkylation sites (tertiary alicyclic amines) is 1. The van der Waals surface area contributed by atoms with Crippen LogP contribution in [0, 0.1) is 25.7 Å². The largest absolute Gasteiger partial charge is 0.394 e. The molecule has 8 heteroatoms. The van der Waals surface area contributed by atoms with Crippen LogP contribution in [0.5, 0.6) is 0 Å². The van der Waals surface area contributed by atoms with Crippen LogP contribution in [0.25, 0.3) is 0 Å². The Kier molecular flexibility index (Phi) is 8.11. The molecule has 2 unspecified atom stereocenters. The van der Waals surface area contributed by atoms with Crippen molar-refractivity contribution in [2.75, 3.05) is 31.1 Å². The topological polar surface area (TPSA) is 90.4 Å². The maximum absolute atomic E-state index is 14.6. The van der Waals surface area contributed by atoms with E-state index in [0.29, 0.717) is 25.9 Å². The Labute approximate surface area is 232 Å². The van der Waals surface area contributed by atoms with Crippen molar-refractivity contribution >= 4 is 23.4 Å². The van der Waals surface area contributed by atoms with Crippen LogP contribution in [0.3, 0.4) is 0 Å². The number of hydrogen-bond donors (Lipinski definition) is 1. The highest BCUT2D eigenvalue weighted by Crippen LogP contribution is 2.64. The van der Waals surface area contributed by atoms with E-state index in [0.717, 1.165) is 23.2 Å². The molecular weight excluding hydrogens is 494 g/mol. The first-order valence-electron chi connectivity index (χ1n) is 14.0. The first-order valence-corrected chi connectivity index (χ1v) is 14.0. The number of aliphatic hydroxyl groups is 1. The molecule has 1 aromatic rings. The molecule has 0 aromatic heterocycles. The van der Waals surface area contributed by atoms with E-state index in [2.05, 4.69) is 13.2 Å². The number of benzene rings is 1. The predicted molar refractivity (Wildman–Crippen MR) is 151 cm³/mol. The van der Waals surface area contributed by atoms with Crippen LogP contribution < -0.4 is 4.90 Å². The molecule has 3 saturated heterocycles. The normalized spacial score (nSPS) is 29.7. The van der Waals surface area contributed by atoms with E-state index in [9.17, 15) is 19.5 Å². The van der Waals surface area contributed by atoms with Crippen molar-refractivity contribution in [2.45, 2.75) is 77.2 Å². The number of fused-ring (bicyclic) bond motifs is 1. The van der Waals surface area contributed by atoms with E-state index in [4.69, 9.17) is 4.74 Å². The molecule has 3 heterocycles. The highest BCUT2D eigenvalue weighted by Gasteiger charge is 2.78. The van der Waals surface area contributed by atoms with Gasteiger partial charge in [0.05, 0.1) is 30.1 Å². The first-order chi connectivity index (χ1) is 18.5. The number of nitrogens with zero attached hydrogens (tertiary/aromatic N) is 3. The van der Waals surface area contributed by atoms with Gasteiger partial charge in [-0.2, -0.15) is 0 Å². The summed E-state index contributed by atoms with van der Waals surface area (Å²) in [4.78, 5) is 47.8. The zero-order valence-electron chi connectivity index (χ0n) is 24.0. The Morgan fingerprint density at radius 2 is 1.90 bits per heavy atom. The van der Waals surface area contributed by atoms with Gasteiger partial charge in [0.2, 0.25) is 11.8 Å². The van der Waals surface area contributed by atoms with Crippen molar-refractivity contribution in [3.8, 4) is 0 Å². The van der Waals surface area contributed by atoms with Crippen LogP contribution in [-0.2, 0) is 19.1 Å². The third-order valence-electron chi connectivity index (χ3n) is 8.84. The fraction of sp³-hybridized carbons (Fsp3) is 0.581. The van der Waals surface area contributed by atoms with E-state index >= 15 is 0 Å². The predicted octanol–water partition coefficient (Wildman–Crippen LogP) is 3.39. The number of carbonyl (C=O) groups excluding carboxylic acids is 3. The average molecular weight is 538 g/mol. The minimum atomic E-state index is -1.16. The molecule has 3 aliphatic rings. The Balaban J connectivity index is 1.84. The molecular formula is C31H43N3O5. The number of ether oxygens (including phenoxy) is 1. The Morgan fingerprint density at radius 3 is 2.51 bits per heavy atom. The second-order valence-corrected chi connectivity index (χ2v) is 11.6. The lowest BCUT2D eigenvalue weighted by Gasteiger charge is -2.39. The van der Waals surface area contributed by atoms with Gasteiger partial charge in [-0.25, -0.2) is 0 Å². The number of aliphatic hydroxyl groups excluding tert-OH is 1. The second kappa shape index (κ2) is 10.9. The lowest BCUT2D eigenvalue weighted by atomic mass is 9.66. The van der Waals surface area contributed by atoms with E-state index < -0.39 is 35.1 Å². The van der Waals surface area contributed by atoms with Crippen molar-refractivity contribution in [3.05, 3.63) is 54.6 Å². The summed E-state index contributed by atoms with van der Waals surface area (Å²) in [7, 11) is 0. The molecule has 1 spiro atoms. The maximum atomic E-state index is 14.6. The number of amides is 3. The molecule has 3 aliphatic heterocycles. The van der Waals surface area contributed by atoms with E-state index in [1.807, 2.05) is 45.9 Å². The van der Waals surface area contributed by atoms with Gasteiger partial charge in [-0.05, 0) is 64.2 Å². The van der Waals surface area contributed by atoms with Crippen molar-refractivity contribution in [2.24, 2.45) is 11.8 Å². The van der Waals surface area contributed by atoms with Crippen molar-refractivity contribution in [3.63, 3.8) is 0 Å². The summed E-state index contributed by atoms with van der Waals surface area (Å²) in [5.74, 6) is -2.24. The Bertz CT molecular complexity index is 1170. The van der Waals surface area contributed by atoms with E-state index in [-0.39, 0.29) is 30.9 Å². The van der Waals surface area contributed by atoms with Gasteiger partial charge in [0, 0.05) is 25.3 Å². The van der Waals surface area contributed by atoms with Gasteiger partial charge < -0.3 is 24.5 Å². The zero-order chi connectivity index (χ0) is 28.7. The van der Waals surface area contributed by atoms with Crippen molar-refractivity contribution in [1.82, 2.24) is 9.80 Å². The van der Waals surface area contributed by atoms with E-state index in [1.165, 1.54) is 4.90 Å². The SMILES string of the molecule is C=CCN(CCC)C(=O)[C@@H]1[C@H]2C(=O)N([C@H](C)CO)C(C(=O)N(CC=C)c3cc(C)ccc3C)C23CC[C@@]1(C)O3. The summed E-state index contributed by atoms with van der Waals surface area (Å²) >= 11 is 0. The van der Waals surface area contributed by atoms with Crippen LogP contribution in [0.15, 0.2) is 43.5 Å². The van der Waals surface area contributed by atoms with Crippen LogP contribution in [0.4, 0.5) is 5.69 Å². The van der Waals surface area contributed by atoms with Crippen LogP contribution >= 0.6 is 0 Å². The number of carbonyl (C=O) groups is 3. The Hall–Kier alpha value is -2.97. The number of anilines is 1. The molecule has 6 atom stereocenters. The third kappa shape index (κ3) is 4.51. The fourth-order valence-corrected chi connectivity index (χ4v) is 7.09. The molecule has 3 amide bonds. The highest BCUT2D eigenvalue weighted by molar-refractivity contribution is 6.05. The number of rotatable bonds is 11. The molecule has 39 heavy (non-hydrogen) atoms. The molecule has 3 fully saturated rings. The van der Waals surface area contributed by atoms with Gasteiger partial charge in [0.25, 0.3) is 5.91 Å². The fourth-order valence-electron chi connectivity index (χ4n) is 7.09. The summed E-state index contributed by atoms with van der Waals surface area (Å²) in [6.07, 6.45) is 5.19. The number of hydrogen-bond acceptors (Lipinski definition) is 5. The smallest absolute Gasteiger partial charge is 0.253 e. The minimum Gasteiger partial charge on any atom is -0.394 e. The van der Waals surface area contributed by atoms with Crippen LogP contribution in [0.1, 0.15) is 51.2 Å². The standard InChI is InChI=1S/C31H43N3O5/c1-8-15-32(16-9-2)27(36)24-25-28(37)34(22(6)19-35)26(31(25)14-13-30(24,7)39-31)29(38)33(17-10-3)23-18-20(4)11-12-21(23)5/h8,10-12,18,22,24-26,35H,1,3,9,13-17,19H2,2,4-7H3/t22-,24+,25+,26?,30-,31?/m1/s1. The van der Waals surface area contributed by atoms with E-state index in [1.54, 1.807) is 28.9 Å². The zero-order valence-corrected chi connectivity index (χ0v) is 24.0. The quantitative estimate of drug-likeness (QED) is 0.437. The monoisotopic (exact) mass is 537 g/mol. The summed E-state index contributed by atoms with van der Waals surface area (Å²) < 4.78 is 6.77. The molecule has 1 aromatic carbocycles. The molecule has 2 bridgehead atoms. The summed E-state index contributed by atoms with van der Waals surface area (Å²) in [5, 5.41) is 10.2. The van der Waals surface area contributed by atoms with Gasteiger partial charge in [-0.15, -0.1) is 13.2 Å².